The third kappa shape index (κ3) is 2.31. The molecule has 2 aromatic carbocycles. The van der Waals surface area contributed by atoms with Crippen LogP contribution in [0.2, 0.25) is 0 Å². The molecule has 1 aliphatic carbocycles. The van der Waals surface area contributed by atoms with Crippen molar-refractivity contribution in [3.05, 3.63) is 71.3 Å². The summed E-state index contributed by atoms with van der Waals surface area (Å²) in [4.78, 5) is 2.30. The van der Waals surface area contributed by atoms with Gasteiger partial charge in [0.15, 0.2) is 0 Å². The molecule has 1 aliphatic heterocycles. The highest BCUT2D eigenvalue weighted by atomic mass is 16.6. The summed E-state index contributed by atoms with van der Waals surface area (Å²) in [5, 5.41) is 11.5. The summed E-state index contributed by atoms with van der Waals surface area (Å²) in [6, 6.07) is 18.5. The Balaban J connectivity index is 1.75. The fourth-order valence-electron chi connectivity index (χ4n) is 4.40. The number of hydrogen-bond acceptors (Lipinski definition) is 3. The Hall–Kier alpha value is -1.68. The lowest BCUT2D eigenvalue weighted by molar-refractivity contribution is -0.243. The average Bonchev–Trinajstić information content (AvgIpc) is 2.86. The summed E-state index contributed by atoms with van der Waals surface area (Å²) < 4.78 is 6.50. The fourth-order valence-corrected chi connectivity index (χ4v) is 4.40. The van der Waals surface area contributed by atoms with Gasteiger partial charge in [-0.15, -0.1) is 0 Å². The van der Waals surface area contributed by atoms with Crippen LogP contribution in [-0.2, 0) is 16.1 Å². The van der Waals surface area contributed by atoms with E-state index in [0.717, 1.165) is 42.4 Å². The van der Waals surface area contributed by atoms with E-state index >= 15 is 0 Å². The van der Waals surface area contributed by atoms with Crippen LogP contribution in [0.15, 0.2) is 54.6 Å². The monoisotopic (exact) mass is 323 g/mol. The van der Waals surface area contributed by atoms with E-state index in [-0.39, 0.29) is 5.60 Å². The molecule has 1 saturated carbocycles. The molecule has 126 valence electrons. The molecule has 0 amide bonds. The number of ether oxygens (including phenoxy) is 1. The highest BCUT2D eigenvalue weighted by Gasteiger charge is 2.54. The SMILES string of the molecule is CN(C)C1CCC2(CC1)OC(O)(c1ccccc1)c1ccccc12. The minimum atomic E-state index is -1.34. The van der Waals surface area contributed by atoms with Crippen LogP contribution in [-0.4, -0.2) is 30.1 Å². The fraction of sp³-hybridized carbons (Fsp3) is 0.429. The van der Waals surface area contributed by atoms with Crippen molar-refractivity contribution in [3.8, 4) is 0 Å². The number of hydrogen-bond donors (Lipinski definition) is 1. The molecule has 4 rings (SSSR count). The maximum atomic E-state index is 11.5. The first-order valence-electron chi connectivity index (χ1n) is 8.80. The van der Waals surface area contributed by atoms with Crippen LogP contribution in [0.1, 0.15) is 42.4 Å². The molecule has 1 fully saturated rings. The lowest BCUT2D eigenvalue weighted by atomic mass is 9.77. The molecule has 1 unspecified atom stereocenters. The predicted molar refractivity (Wildman–Crippen MR) is 94.6 cm³/mol. The minimum Gasteiger partial charge on any atom is -0.358 e. The van der Waals surface area contributed by atoms with Crippen LogP contribution in [0.25, 0.3) is 0 Å². The Kier molecular flexibility index (Phi) is 3.75. The molecule has 0 aromatic heterocycles. The van der Waals surface area contributed by atoms with Crippen LogP contribution >= 0.6 is 0 Å². The van der Waals surface area contributed by atoms with Gasteiger partial charge >= 0.3 is 0 Å². The molecule has 2 aromatic rings. The first-order chi connectivity index (χ1) is 11.6. The maximum absolute atomic E-state index is 11.5. The van der Waals surface area contributed by atoms with Crippen LogP contribution in [0.3, 0.4) is 0 Å². The van der Waals surface area contributed by atoms with Crippen LogP contribution in [0, 0.1) is 0 Å². The van der Waals surface area contributed by atoms with Gasteiger partial charge in [-0.1, -0.05) is 54.6 Å². The molecule has 3 heteroatoms. The van der Waals surface area contributed by atoms with Crippen molar-refractivity contribution in [3.63, 3.8) is 0 Å². The average molecular weight is 323 g/mol. The summed E-state index contributed by atoms with van der Waals surface area (Å²) in [5.41, 5.74) is 2.50. The standard InChI is InChI=1S/C21H25NO2/c1-22(2)17-12-14-20(15-13-17)18-10-6-7-11-19(18)21(23,24-20)16-8-4-3-5-9-16/h3-11,17,23H,12-15H2,1-2H3. The van der Waals surface area contributed by atoms with Gasteiger partial charge in [0.2, 0.25) is 5.79 Å². The van der Waals surface area contributed by atoms with Gasteiger partial charge in [0.25, 0.3) is 0 Å². The van der Waals surface area contributed by atoms with Gasteiger partial charge in [-0.3, -0.25) is 0 Å². The lowest BCUT2D eigenvalue weighted by Gasteiger charge is -2.40. The molecule has 2 aliphatic rings. The van der Waals surface area contributed by atoms with Crippen molar-refractivity contribution in [2.75, 3.05) is 14.1 Å². The van der Waals surface area contributed by atoms with Crippen molar-refractivity contribution >= 4 is 0 Å². The van der Waals surface area contributed by atoms with Gasteiger partial charge in [-0.05, 0) is 45.3 Å². The molecule has 1 atom stereocenters. The second kappa shape index (κ2) is 5.69. The molecular weight excluding hydrogens is 298 g/mol. The molecule has 0 bridgehead atoms. The summed E-state index contributed by atoms with van der Waals surface area (Å²) in [5.74, 6) is -1.34. The Labute approximate surface area is 143 Å². The highest BCUT2D eigenvalue weighted by Crippen LogP contribution is 2.55. The van der Waals surface area contributed by atoms with Crippen LogP contribution in [0.5, 0.6) is 0 Å². The number of fused-ring (bicyclic) bond motifs is 2. The molecule has 24 heavy (non-hydrogen) atoms. The third-order valence-corrected chi connectivity index (χ3v) is 5.78. The van der Waals surface area contributed by atoms with Gasteiger partial charge in [-0.25, -0.2) is 0 Å². The highest BCUT2D eigenvalue weighted by molar-refractivity contribution is 5.46. The van der Waals surface area contributed by atoms with Gasteiger partial charge in [0.1, 0.15) is 0 Å². The number of rotatable bonds is 2. The second-order valence-electron chi connectivity index (χ2n) is 7.35. The normalized spacial score (nSPS) is 32.2. The Morgan fingerprint density at radius 2 is 1.50 bits per heavy atom. The number of nitrogens with zero attached hydrogens (tertiary/aromatic N) is 1. The molecule has 0 radical (unpaired) electrons. The van der Waals surface area contributed by atoms with E-state index in [2.05, 4.69) is 31.1 Å². The maximum Gasteiger partial charge on any atom is 0.221 e. The third-order valence-electron chi connectivity index (χ3n) is 5.78. The Morgan fingerprint density at radius 1 is 0.917 bits per heavy atom. The topological polar surface area (TPSA) is 32.7 Å². The number of aliphatic hydroxyl groups is 1. The van der Waals surface area contributed by atoms with E-state index in [1.165, 1.54) is 0 Å². The summed E-state index contributed by atoms with van der Waals surface area (Å²) in [6.45, 7) is 0. The molecule has 1 heterocycles. The first-order valence-corrected chi connectivity index (χ1v) is 8.80. The van der Waals surface area contributed by atoms with Crippen molar-refractivity contribution in [1.82, 2.24) is 4.90 Å². The molecule has 1 N–H and O–H groups in total. The minimum absolute atomic E-state index is 0.367. The zero-order valence-electron chi connectivity index (χ0n) is 14.4. The summed E-state index contributed by atoms with van der Waals surface area (Å²) in [7, 11) is 4.29. The molecule has 1 spiro atoms. The Bertz CT molecular complexity index is 720. The summed E-state index contributed by atoms with van der Waals surface area (Å²) >= 11 is 0. The van der Waals surface area contributed by atoms with E-state index in [4.69, 9.17) is 4.74 Å². The van der Waals surface area contributed by atoms with E-state index in [1.807, 2.05) is 42.5 Å². The zero-order valence-corrected chi connectivity index (χ0v) is 14.4. The van der Waals surface area contributed by atoms with Crippen molar-refractivity contribution in [2.45, 2.75) is 43.1 Å². The van der Waals surface area contributed by atoms with Gasteiger partial charge in [0, 0.05) is 17.2 Å². The van der Waals surface area contributed by atoms with Crippen LogP contribution in [0.4, 0.5) is 0 Å². The largest absolute Gasteiger partial charge is 0.358 e. The first kappa shape index (κ1) is 15.8. The van der Waals surface area contributed by atoms with E-state index < -0.39 is 5.79 Å². The second-order valence-corrected chi connectivity index (χ2v) is 7.35. The molecular formula is C21H25NO2. The van der Waals surface area contributed by atoms with E-state index in [1.54, 1.807) is 0 Å². The zero-order chi connectivity index (χ0) is 16.8. The van der Waals surface area contributed by atoms with E-state index in [9.17, 15) is 5.11 Å². The van der Waals surface area contributed by atoms with E-state index in [0.29, 0.717) is 6.04 Å². The van der Waals surface area contributed by atoms with Crippen LogP contribution < -0.4 is 0 Å². The predicted octanol–water partition coefficient (Wildman–Crippen LogP) is 3.61. The lowest BCUT2D eigenvalue weighted by Crippen LogP contribution is -2.41. The molecule has 0 saturated heterocycles. The number of benzene rings is 2. The Morgan fingerprint density at radius 3 is 2.12 bits per heavy atom. The quantitative estimate of drug-likeness (QED) is 0.916. The smallest absolute Gasteiger partial charge is 0.221 e. The summed E-state index contributed by atoms with van der Waals surface area (Å²) in [6.07, 6.45) is 4.07. The molecule has 3 nitrogen and oxygen atoms in total. The van der Waals surface area contributed by atoms with Gasteiger partial charge in [-0.2, -0.15) is 0 Å². The van der Waals surface area contributed by atoms with Crippen molar-refractivity contribution in [1.29, 1.82) is 0 Å². The van der Waals surface area contributed by atoms with Gasteiger partial charge < -0.3 is 14.7 Å². The van der Waals surface area contributed by atoms with Crippen molar-refractivity contribution in [2.24, 2.45) is 0 Å². The van der Waals surface area contributed by atoms with Gasteiger partial charge in [0.05, 0.1) is 5.60 Å². The van der Waals surface area contributed by atoms with Crippen molar-refractivity contribution < 1.29 is 9.84 Å².